The minimum Gasteiger partial charge on any atom is -0.391 e. The number of aryl methyl sites for hydroxylation is 1. The molecular formula is C12H18FN3O3. The summed E-state index contributed by atoms with van der Waals surface area (Å²) in [5.74, 6) is 0.157. The third kappa shape index (κ3) is 2.62. The van der Waals surface area contributed by atoms with E-state index in [9.17, 15) is 14.3 Å². The fourth-order valence-electron chi connectivity index (χ4n) is 2.19. The third-order valence-electron chi connectivity index (χ3n) is 3.34. The predicted molar refractivity (Wildman–Crippen MR) is 67.4 cm³/mol. The van der Waals surface area contributed by atoms with Crippen molar-refractivity contribution in [3.63, 3.8) is 0 Å². The molecule has 7 heteroatoms. The maximum Gasteiger partial charge on any atom is 0.351 e. The van der Waals surface area contributed by atoms with Crippen LogP contribution < -0.4 is 11.4 Å². The molecule has 2 rings (SSSR count). The number of aliphatic hydroxyl groups excluding tert-OH is 1. The lowest BCUT2D eigenvalue weighted by atomic mass is 10.1. The number of hydrogen-bond donors (Lipinski definition) is 2. The van der Waals surface area contributed by atoms with Crippen LogP contribution in [-0.4, -0.2) is 33.0 Å². The van der Waals surface area contributed by atoms with Crippen molar-refractivity contribution in [1.82, 2.24) is 9.55 Å². The number of ether oxygens (including phenoxy) is 1. The first kappa shape index (κ1) is 14.0. The molecule has 1 aromatic rings. The SMILES string of the molecule is CCc1cn([C@@H]2OC([C@H](C)O)C[C@@H]2F)c(=O)nc1N. The average molecular weight is 271 g/mol. The highest BCUT2D eigenvalue weighted by molar-refractivity contribution is 5.36. The van der Waals surface area contributed by atoms with Gasteiger partial charge >= 0.3 is 5.69 Å². The molecule has 19 heavy (non-hydrogen) atoms. The van der Waals surface area contributed by atoms with E-state index in [0.717, 1.165) is 4.57 Å². The second-order valence-corrected chi connectivity index (χ2v) is 4.75. The van der Waals surface area contributed by atoms with Gasteiger partial charge in [-0.2, -0.15) is 4.98 Å². The largest absolute Gasteiger partial charge is 0.391 e. The Bertz CT molecular complexity index is 517. The van der Waals surface area contributed by atoms with Crippen LogP contribution in [-0.2, 0) is 11.2 Å². The Morgan fingerprint density at radius 3 is 2.95 bits per heavy atom. The highest BCUT2D eigenvalue weighted by atomic mass is 19.1. The van der Waals surface area contributed by atoms with E-state index >= 15 is 0 Å². The molecule has 3 N–H and O–H groups in total. The second-order valence-electron chi connectivity index (χ2n) is 4.75. The monoisotopic (exact) mass is 271 g/mol. The summed E-state index contributed by atoms with van der Waals surface area (Å²) in [4.78, 5) is 15.4. The van der Waals surface area contributed by atoms with E-state index in [1.807, 2.05) is 6.92 Å². The average Bonchev–Trinajstić information content (AvgIpc) is 2.72. The molecule has 106 valence electrons. The van der Waals surface area contributed by atoms with Crippen LogP contribution in [0.1, 0.15) is 32.1 Å². The summed E-state index contributed by atoms with van der Waals surface area (Å²) in [6.07, 6.45) is -1.69. The summed E-state index contributed by atoms with van der Waals surface area (Å²) in [5.41, 5.74) is 5.63. The number of alkyl halides is 1. The summed E-state index contributed by atoms with van der Waals surface area (Å²) >= 11 is 0. The number of nitrogens with zero attached hydrogens (tertiary/aromatic N) is 2. The molecule has 0 spiro atoms. The van der Waals surface area contributed by atoms with Crippen molar-refractivity contribution in [3.8, 4) is 0 Å². The second kappa shape index (κ2) is 5.26. The van der Waals surface area contributed by atoms with E-state index in [4.69, 9.17) is 10.5 Å². The Kier molecular flexibility index (Phi) is 3.86. The van der Waals surface area contributed by atoms with Gasteiger partial charge < -0.3 is 15.6 Å². The molecular weight excluding hydrogens is 253 g/mol. The zero-order valence-corrected chi connectivity index (χ0v) is 10.9. The molecule has 4 atom stereocenters. The predicted octanol–water partition coefficient (Wildman–Crippen LogP) is 0.394. The highest BCUT2D eigenvalue weighted by Gasteiger charge is 2.39. The van der Waals surface area contributed by atoms with E-state index in [2.05, 4.69) is 4.98 Å². The van der Waals surface area contributed by atoms with Gasteiger partial charge in [-0.1, -0.05) is 6.92 Å². The molecule has 1 aliphatic heterocycles. The first-order valence-electron chi connectivity index (χ1n) is 6.29. The summed E-state index contributed by atoms with van der Waals surface area (Å²) in [7, 11) is 0. The van der Waals surface area contributed by atoms with Crippen molar-refractivity contribution in [1.29, 1.82) is 0 Å². The topological polar surface area (TPSA) is 90.4 Å². The van der Waals surface area contributed by atoms with Crippen LogP contribution >= 0.6 is 0 Å². The number of rotatable bonds is 3. The van der Waals surface area contributed by atoms with Crippen LogP contribution in [0.15, 0.2) is 11.0 Å². The van der Waals surface area contributed by atoms with Crippen LogP contribution in [0.2, 0.25) is 0 Å². The number of aliphatic hydroxyl groups is 1. The molecule has 1 saturated heterocycles. The number of aromatic nitrogens is 2. The van der Waals surface area contributed by atoms with E-state index in [1.165, 1.54) is 13.1 Å². The lowest BCUT2D eigenvalue weighted by Gasteiger charge is -2.18. The van der Waals surface area contributed by atoms with Gasteiger partial charge in [-0.25, -0.2) is 9.18 Å². The minimum atomic E-state index is -1.35. The molecule has 6 nitrogen and oxygen atoms in total. The van der Waals surface area contributed by atoms with E-state index < -0.39 is 30.3 Å². The summed E-state index contributed by atoms with van der Waals surface area (Å²) in [5, 5.41) is 9.43. The van der Waals surface area contributed by atoms with E-state index in [1.54, 1.807) is 0 Å². The van der Waals surface area contributed by atoms with Gasteiger partial charge in [0.1, 0.15) is 12.0 Å². The van der Waals surface area contributed by atoms with Gasteiger partial charge in [0.25, 0.3) is 0 Å². The van der Waals surface area contributed by atoms with Gasteiger partial charge in [0.2, 0.25) is 0 Å². The molecule has 0 radical (unpaired) electrons. The van der Waals surface area contributed by atoms with Gasteiger partial charge in [-0.15, -0.1) is 0 Å². The van der Waals surface area contributed by atoms with Gasteiger partial charge in [0.15, 0.2) is 6.23 Å². The van der Waals surface area contributed by atoms with Crippen molar-refractivity contribution in [2.75, 3.05) is 5.73 Å². The van der Waals surface area contributed by atoms with Crippen LogP contribution in [0.3, 0.4) is 0 Å². The van der Waals surface area contributed by atoms with E-state index in [0.29, 0.717) is 12.0 Å². The van der Waals surface area contributed by atoms with E-state index in [-0.39, 0.29) is 12.2 Å². The third-order valence-corrected chi connectivity index (χ3v) is 3.34. The normalized spacial score (nSPS) is 28.5. The molecule has 1 fully saturated rings. The number of hydrogen-bond acceptors (Lipinski definition) is 5. The Hall–Kier alpha value is -1.47. The lowest BCUT2D eigenvalue weighted by molar-refractivity contribution is -0.0641. The number of halogens is 1. The fraction of sp³-hybridized carbons (Fsp3) is 0.667. The quantitative estimate of drug-likeness (QED) is 0.830. The van der Waals surface area contributed by atoms with Crippen LogP contribution in [0.4, 0.5) is 10.2 Å². The van der Waals surface area contributed by atoms with Crippen molar-refractivity contribution >= 4 is 5.82 Å². The Labute approximate surface area is 110 Å². The van der Waals surface area contributed by atoms with Crippen LogP contribution in [0, 0.1) is 0 Å². The van der Waals surface area contributed by atoms with Gasteiger partial charge in [-0.3, -0.25) is 4.57 Å². The lowest BCUT2D eigenvalue weighted by Crippen LogP contribution is -2.32. The van der Waals surface area contributed by atoms with Gasteiger partial charge in [0.05, 0.1) is 12.2 Å². The van der Waals surface area contributed by atoms with Crippen molar-refractivity contribution in [2.45, 2.75) is 51.3 Å². The molecule has 0 aliphatic carbocycles. The summed E-state index contributed by atoms with van der Waals surface area (Å²) < 4.78 is 20.5. The first-order chi connectivity index (χ1) is 8.93. The number of anilines is 1. The van der Waals surface area contributed by atoms with Crippen molar-refractivity contribution in [2.24, 2.45) is 0 Å². The van der Waals surface area contributed by atoms with Crippen molar-refractivity contribution in [3.05, 3.63) is 22.2 Å². The minimum absolute atomic E-state index is 0.0562. The number of nitrogen functional groups attached to an aromatic ring is 1. The highest BCUT2D eigenvalue weighted by Crippen LogP contribution is 2.32. The van der Waals surface area contributed by atoms with Gasteiger partial charge in [0, 0.05) is 18.2 Å². The maximum absolute atomic E-state index is 13.9. The Balaban J connectivity index is 2.34. The number of nitrogens with two attached hydrogens (primary N) is 1. The zero-order valence-electron chi connectivity index (χ0n) is 10.9. The summed E-state index contributed by atoms with van der Waals surface area (Å²) in [6, 6.07) is 0. The molecule has 1 aliphatic rings. The smallest absolute Gasteiger partial charge is 0.351 e. The standard InChI is InChI=1S/C12H18FN3O3/c1-3-7-5-16(12(18)15-10(7)14)11-8(13)4-9(19-11)6(2)17/h5-6,8-9,11,17H,3-4H2,1-2H3,(H2,14,15,18)/t6-,8-,9?,11+/m0/s1. The molecule has 1 aromatic heterocycles. The molecule has 0 saturated carbocycles. The first-order valence-corrected chi connectivity index (χ1v) is 6.29. The molecule has 2 heterocycles. The van der Waals surface area contributed by atoms with Gasteiger partial charge in [-0.05, 0) is 13.3 Å². The molecule has 0 bridgehead atoms. The molecule has 1 unspecified atom stereocenters. The van der Waals surface area contributed by atoms with Crippen LogP contribution in [0.25, 0.3) is 0 Å². The Morgan fingerprint density at radius 2 is 2.42 bits per heavy atom. The maximum atomic E-state index is 13.9. The molecule has 0 amide bonds. The Morgan fingerprint density at radius 1 is 1.74 bits per heavy atom. The molecule has 0 aromatic carbocycles. The zero-order chi connectivity index (χ0) is 14.2. The fourth-order valence-corrected chi connectivity index (χ4v) is 2.19. The van der Waals surface area contributed by atoms with Crippen LogP contribution in [0.5, 0.6) is 0 Å². The van der Waals surface area contributed by atoms with Crippen molar-refractivity contribution < 1.29 is 14.2 Å². The summed E-state index contributed by atoms with van der Waals surface area (Å²) in [6.45, 7) is 3.39.